The van der Waals surface area contributed by atoms with Crippen LogP contribution < -0.4 is 25.8 Å². The van der Waals surface area contributed by atoms with Gasteiger partial charge in [0, 0.05) is 11.8 Å². The SMILES string of the molecule is CC(C)(C)OC(=O)Nc1nc2c(O[Si](c3ccccc3)(c3ccccc3)C(C)(C)C)cc(N)cc2s1. The van der Waals surface area contributed by atoms with Crippen LogP contribution >= 0.6 is 11.3 Å². The van der Waals surface area contributed by atoms with Gasteiger partial charge in [0.1, 0.15) is 16.9 Å². The number of thiazole rings is 1. The lowest BCUT2D eigenvalue weighted by Crippen LogP contribution is -2.68. The van der Waals surface area contributed by atoms with Gasteiger partial charge in [0.15, 0.2) is 5.13 Å². The average molecular weight is 520 g/mol. The van der Waals surface area contributed by atoms with Crippen LogP contribution in [0.5, 0.6) is 5.75 Å². The molecule has 0 aliphatic heterocycles. The van der Waals surface area contributed by atoms with Gasteiger partial charge in [-0.25, -0.2) is 9.78 Å². The fourth-order valence-corrected chi connectivity index (χ4v) is 9.69. The number of nitrogens with one attached hydrogen (secondary N) is 1. The van der Waals surface area contributed by atoms with Crippen molar-refractivity contribution in [1.29, 1.82) is 0 Å². The normalized spacial score (nSPS) is 12.4. The number of hydrogen-bond donors (Lipinski definition) is 2. The molecule has 1 aromatic heterocycles. The number of nitrogen functional groups attached to an aromatic ring is 1. The summed E-state index contributed by atoms with van der Waals surface area (Å²) in [5, 5.41) is 5.27. The molecule has 0 saturated carbocycles. The van der Waals surface area contributed by atoms with Crippen LogP contribution in [0, 0.1) is 0 Å². The third-order valence-electron chi connectivity index (χ3n) is 5.77. The number of amides is 1. The molecule has 0 saturated heterocycles. The third kappa shape index (κ3) is 5.24. The van der Waals surface area contributed by atoms with Crippen LogP contribution in [0.25, 0.3) is 10.2 Å². The standard InChI is InChI=1S/C28H33N3O3SSi/c1-27(2,3)33-26(32)31-25-30-24-22(17-19(29)18-23(24)35-25)34-36(28(4,5)6,20-13-9-7-10-14-20)21-15-11-8-12-16-21/h7-18H,29H2,1-6H3,(H,30,31,32). The van der Waals surface area contributed by atoms with E-state index in [0.29, 0.717) is 22.1 Å². The first-order valence-corrected chi connectivity index (χ1v) is 14.6. The molecule has 4 rings (SSSR count). The Bertz CT molecular complexity index is 1320. The summed E-state index contributed by atoms with van der Waals surface area (Å²) in [5.74, 6) is 0.604. The van der Waals surface area contributed by atoms with Gasteiger partial charge < -0.3 is 14.9 Å². The third-order valence-corrected chi connectivity index (χ3v) is 11.6. The summed E-state index contributed by atoms with van der Waals surface area (Å²) in [6.07, 6.45) is -0.552. The molecular weight excluding hydrogens is 486 g/mol. The Kier molecular flexibility index (Phi) is 6.85. The van der Waals surface area contributed by atoms with Gasteiger partial charge >= 0.3 is 14.4 Å². The molecule has 6 nitrogen and oxygen atoms in total. The number of rotatable bonds is 5. The number of aromatic nitrogens is 1. The van der Waals surface area contributed by atoms with Gasteiger partial charge in [-0.1, -0.05) is 92.8 Å². The monoisotopic (exact) mass is 519 g/mol. The van der Waals surface area contributed by atoms with E-state index in [4.69, 9.17) is 19.9 Å². The van der Waals surface area contributed by atoms with E-state index in [2.05, 4.69) is 74.6 Å². The minimum Gasteiger partial charge on any atom is -0.532 e. The summed E-state index contributed by atoms with van der Waals surface area (Å²) in [7, 11) is -2.89. The quantitative estimate of drug-likeness (QED) is 0.243. The highest BCUT2D eigenvalue weighted by molar-refractivity contribution is 7.22. The van der Waals surface area contributed by atoms with E-state index in [1.807, 2.05) is 45.0 Å². The number of carbonyl (C=O) groups is 1. The lowest BCUT2D eigenvalue weighted by molar-refractivity contribution is 0.0636. The summed E-state index contributed by atoms with van der Waals surface area (Å²) >= 11 is 1.34. The molecule has 3 aromatic carbocycles. The zero-order chi connectivity index (χ0) is 26.1. The van der Waals surface area contributed by atoms with Gasteiger partial charge in [-0.2, -0.15) is 0 Å². The fourth-order valence-electron chi connectivity index (χ4n) is 4.36. The summed E-state index contributed by atoms with van der Waals surface area (Å²) in [5.41, 5.74) is 6.95. The minimum absolute atomic E-state index is 0.222. The van der Waals surface area contributed by atoms with Crippen LogP contribution in [0.15, 0.2) is 72.8 Å². The van der Waals surface area contributed by atoms with Gasteiger partial charge in [0.2, 0.25) is 0 Å². The number of fused-ring (bicyclic) bond motifs is 1. The Morgan fingerprint density at radius 2 is 1.47 bits per heavy atom. The number of nitrogens with two attached hydrogens (primary N) is 1. The number of hydrogen-bond acceptors (Lipinski definition) is 6. The van der Waals surface area contributed by atoms with Gasteiger partial charge in [-0.05, 0) is 42.2 Å². The molecule has 0 bridgehead atoms. The first kappa shape index (κ1) is 25.7. The van der Waals surface area contributed by atoms with Crippen molar-refractivity contribution >= 4 is 57.2 Å². The van der Waals surface area contributed by atoms with Gasteiger partial charge in [0.05, 0.1) is 4.70 Å². The maximum absolute atomic E-state index is 12.4. The molecular formula is C28H33N3O3SSi. The van der Waals surface area contributed by atoms with Gasteiger partial charge in [0.25, 0.3) is 0 Å². The first-order chi connectivity index (χ1) is 16.9. The molecule has 0 aliphatic carbocycles. The molecule has 1 amide bonds. The summed E-state index contributed by atoms with van der Waals surface area (Å²) in [6, 6.07) is 24.5. The number of carbonyl (C=O) groups excluding carboxylic acids is 1. The van der Waals surface area contributed by atoms with Crippen LogP contribution in [0.1, 0.15) is 41.5 Å². The lowest BCUT2D eigenvalue weighted by atomic mass is 10.2. The van der Waals surface area contributed by atoms with Crippen LogP contribution in [0.2, 0.25) is 5.04 Å². The summed E-state index contributed by atoms with van der Waals surface area (Å²) in [4.78, 5) is 17.1. The highest BCUT2D eigenvalue weighted by atomic mass is 32.1. The molecule has 4 aromatic rings. The van der Waals surface area contributed by atoms with Crippen molar-refractivity contribution in [3.05, 3.63) is 72.8 Å². The van der Waals surface area contributed by atoms with E-state index in [1.165, 1.54) is 11.3 Å². The second-order valence-electron chi connectivity index (χ2n) is 10.8. The van der Waals surface area contributed by atoms with Crippen molar-refractivity contribution in [3.8, 4) is 5.75 Å². The van der Waals surface area contributed by atoms with E-state index in [-0.39, 0.29) is 5.04 Å². The molecule has 8 heteroatoms. The first-order valence-electron chi connectivity index (χ1n) is 11.9. The molecule has 3 N–H and O–H groups in total. The van der Waals surface area contributed by atoms with Crippen molar-refractivity contribution in [1.82, 2.24) is 4.98 Å². The Balaban J connectivity index is 1.86. The maximum Gasteiger partial charge on any atom is 0.413 e. The lowest BCUT2D eigenvalue weighted by Gasteiger charge is -2.43. The predicted molar refractivity (Wildman–Crippen MR) is 152 cm³/mol. The van der Waals surface area contributed by atoms with Crippen LogP contribution in [0.3, 0.4) is 0 Å². The Labute approximate surface area is 217 Å². The predicted octanol–water partition coefficient (Wildman–Crippen LogP) is 6.16. The highest BCUT2D eigenvalue weighted by Gasteiger charge is 2.52. The minimum atomic E-state index is -2.89. The van der Waals surface area contributed by atoms with Crippen LogP contribution in [0.4, 0.5) is 15.6 Å². The summed E-state index contributed by atoms with van der Waals surface area (Å²) in [6.45, 7) is 12.1. The van der Waals surface area contributed by atoms with E-state index in [0.717, 1.165) is 15.1 Å². The zero-order valence-corrected chi connectivity index (χ0v) is 23.4. The molecule has 0 spiro atoms. The van der Waals surface area contributed by atoms with Crippen LogP contribution in [-0.2, 0) is 4.74 Å². The van der Waals surface area contributed by atoms with Crippen molar-refractivity contribution in [3.63, 3.8) is 0 Å². The van der Waals surface area contributed by atoms with Crippen LogP contribution in [-0.4, -0.2) is 25.0 Å². The Hall–Kier alpha value is -3.36. The number of benzene rings is 3. The second-order valence-corrected chi connectivity index (χ2v) is 16.0. The smallest absolute Gasteiger partial charge is 0.413 e. The van der Waals surface area contributed by atoms with Crippen molar-refractivity contribution in [2.24, 2.45) is 0 Å². The molecule has 1 heterocycles. The average Bonchev–Trinajstić information content (AvgIpc) is 3.18. The van der Waals surface area contributed by atoms with Crippen molar-refractivity contribution in [2.75, 3.05) is 11.1 Å². The molecule has 0 aliphatic rings. The van der Waals surface area contributed by atoms with E-state index in [9.17, 15) is 4.79 Å². The van der Waals surface area contributed by atoms with E-state index < -0.39 is 20.0 Å². The maximum atomic E-state index is 12.4. The van der Waals surface area contributed by atoms with E-state index in [1.54, 1.807) is 0 Å². The molecule has 0 radical (unpaired) electrons. The van der Waals surface area contributed by atoms with Gasteiger partial charge in [-0.3, -0.25) is 5.32 Å². The zero-order valence-electron chi connectivity index (χ0n) is 21.6. The molecule has 36 heavy (non-hydrogen) atoms. The highest BCUT2D eigenvalue weighted by Crippen LogP contribution is 2.41. The topological polar surface area (TPSA) is 86.5 Å². The second kappa shape index (κ2) is 9.59. The molecule has 0 atom stereocenters. The summed E-state index contributed by atoms with van der Waals surface area (Å²) < 4.78 is 13.4. The Morgan fingerprint density at radius 3 is 1.97 bits per heavy atom. The molecule has 188 valence electrons. The number of ether oxygens (including phenoxy) is 1. The molecule has 0 unspecified atom stereocenters. The fraction of sp³-hybridized carbons (Fsp3) is 0.286. The molecule has 0 fully saturated rings. The number of nitrogens with zero attached hydrogens (tertiary/aromatic N) is 1. The van der Waals surface area contributed by atoms with Crippen molar-refractivity contribution in [2.45, 2.75) is 52.2 Å². The largest absolute Gasteiger partial charge is 0.532 e. The van der Waals surface area contributed by atoms with Gasteiger partial charge in [-0.15, -0.1) is 0 Å². The number of anilines is 2. The van der Waals surface area contributed by atoms with E-state index >= 15 is 0 Å². The Morgan fingerprint density at radius 1 is 0.917 bits per heavy atom. The van der Waals surface area contributed by atoms with Crippen molar-refractivity contribution < 1.29 is 14.0 Å².